The van der Waals surface area contributed by atoms with Crippen LogP contribution in [0.15, 0.2) is 54.6 Å². The van der Waals surface area contributed by atoms with Crippen molar-refractivity contribution in [2.75, 3.05) is 58.2 Å². The molecule has 0 unspecified atom stereocenters. The molecule has 0 atom stereocenters. The van der Waals surface area contributed by atoms with Crippen LogP contribution >= 0.6 is 0 Å². The second-order valence-corrected chi connectivity index (χ2v) is 6.72. The molecule has 178 valence electrons. The highest BCUT2D eigenvalue weighted by Gasteiger charge is 2.16. The fraction of sp³-hybridized carbons (Fsp3) is 0.375. The number of carbonyl (C=O) groups excluding carboxylic acids is 3. The minimum atomic E-state index is -0.899. The number of ether oxygens (including phenoxy) is 5. The van der Waals surface area contributed by atoms with E-state index in [1.807, 2.05) is 0 Å². The van der Waals surface area contributed by atoms with E-state index in [9.17, 15) is 14.4 Å². The predicted octanol–water partition coefficient (Wildman–Crippen LogP) is 2.50. The van der Waals surface area contributed by atoms with Crippen LogP contribution in [0.5, 0.6) is 5.75 Å². The minimum absolute atomic E-state index is 0.00349. The van der Waals surface area contributed by atoms with Crippen molar-refractivity contribution in [3.8, 4) is 5.75 Å². The van der Waals surface area contributed by atoms with Crippen molar-refractivity contribution in [1.82, 2.24) is 0 Å². The first kappa shape index (κ1) is 26.0. The number of nitrogens with one attached hydrogen (secondary N) is 1. The number of hydrogen-bond donors (Lipinski definition) is 1. The summed E-state index contributed by atoms with van der Waals surface area (Å²) in [6.07, 6.45) is 0. The van der Waals surface area contributed by atoms with Gasteiger partial charge in [-0.25, -0.2) is 4.79 Å². The molecule has 33 heavy (non-hydrogen) atoms. The average molecular weight is 459 g/mol. The van der Waals surface area contributed by atoms with Gasteiger partial charge < -0.3 is 29.0 Å². The summed E-state index contributed by atoms with van der Waals surface area (Å²) < 4.78 is 26.5. The molecule has 2 aromatic carbocycles. The molecule has 9 nitrogen and oxygen atoms in total. The van der Waals surface area contributed by atoms with Crippen molar-refractivity contribution in [2.24, 2.45) is 0 Å². The van der Waals surface area contributed by atoms with Crippen LogP contribution in [0.4, 0.5) is 5.69 Å². The van der Waals surface area contributed by atoms with Gasteiger partial charge in [-0.2, -0.15) is 0 Å². The largest absolute Gasteiger partial charge is 0.491 e. The minimum Gasteiger partial charge on any atom is -0.491 e. The number of amides is 1. The lowest BCUT2D eigenvalue weighted by Gasteiger charge is -2.09. The third kappa shape index (κ3) is 11.2. The Balaban J connectivity index is 1.37. The van der Waals surface area contributed by atoms with Crippen molar-refractivity contribution < 1.29 is 38.1 Å². The second-order valence-electron chi connectivity index (χ2n) is 6.72. The van der Waals surface area contributed by atoms with Gasteiger partial charge in [-0.1, -0.05) is 30.3 Å². The SMILES string of the molecule is CC(=O)Nc1ccc(OCCOCCOCCOCCOC(=O)C(=O)c2ccccc2)cc1. The van der Waals surface area contributed by atoms with Crippen LogP contribution in [-0.4, -0.2) is 70.5 Å². The number of hydrogen-bond acceptors (Lipinski definition) is 8. The van der Waals surface area contributed by atoms with Gasteiger partial charge in [0, 0.05) is 18.2 Å². The third-order valence-corrected chi connectivity index (χ3v) is 4.10. The average Bonchev–Trinajstić information content (AvgIpc) is 2.82. The normalized spacial score (nSPS) is 10.5. The molecule has 0 aliphatic carbocycles. The third-order valence-electron chi connectivity index (χ3n) is 4.10. The smallest absolute Gasteiger partial charge is 0.379 e. The van der Waals surface area contributed by atoms with Crippen molar-refractivity contribution in [3.05, 3.63) is 60.2 Å². The molecular weight excluding hydrogens is 430 g/mol. The zero-order valence-electron chi connectivity index (χ0n) is 18.6. The van der Waals surface area contributed by atoms with Gasteiger partial charge in [0.25, 0.3) is 5.78 Å². The predicted molar refractivity (Wildman–Crippen MR) is 120 cm³/mol. The zero-order chi connectivity index (χ0) is 23.7. The molecule has 0 aliphatic heterocycles. The summed E-state index contributed by atoms with van der Waals surface area (Å²) in [7, 11) is 0. The van der Waals surface area contributed by atoms with E-state index in [0.717, 1.165) is 0 Å². The molecule has 9 heteroatoms. The van der Waals surface area contributed by atoms with Crippen LogP contribution in [0.2, 0.25) is 0 Å². The van der Waals surface area contributed by atoms with Crippen LogP contribution in [-0.2, 0) is 28.5 Å². The monoisotopic (exact) mass is 459 g/mol. The number of Topliss-reactive ketones (excluding diaryl/α,β-unsaturated/α-hetero) is 1. The summed E-state index contributed by atoms with van der Waals surface area (Å²) in [4.78, 5) is 34.5. The first-order valence-corrected chi connectivity index (χ1v) is 10.6. The molecule has 0 bridgehead atoms. The van der Waals surface area contributed by atoms with Crippen molar-refractivity contribution >= 4 is 23.3 Å². The lowest BCUT2D eigenvalue weighted by molar-refractivity contribution is -0.139. The van der Waals surface area contributed by atoms with Gasteiger partial charge >= 0.3 is 5.97 Å². The first-order valence-electron chi connectivity index (χ1n) is 10.6. The van der Waals surface area contributed by atoms with Gasteiger partial charge in [0.2, 0.25) is 5.91 Å². The Bertz CT molecular complexity index is 855. The van der Waals surface area contributed by atoms with Crippen LogP contribution in [0.3, 0.4) is 0 Å². The van der Waals surface area contributed by atoms with Crippen molar-refractivity contribution in [2.45, 2.75) is 6.92 Å². The Hall–Kier alpha value is -3.27. The highest BCUT2D eigenvalue weighted by Crippen LogP contribution is 2.15. The van der Waals surface area contributed by atoms with Crippen LogP contribution < -0.4 is 10.1 Å². The summed E-state index contributed by atoms with van der Waals surface area (Å²) in [5, 5.41) is 2.69. The van der Waals surface area contributed by atoms with Gasteiger partial charge in [0.1, 0.15) is 19.0 Å². The number of esters is 1. The summed E-state index contributed by atoms with van der Waals surface area (Å²) in [5.74, 6) is -1.01. The Kier molecular flexibility index (Phi) is 12.2. The Morgan fingerprint density at radius 1 is 0.697 bits per heavy atom. The van der Waals surface area contributed by atoms with E-state index in [1.54, 1.807) is 54.6 Å². The Morgan fingerprint density at radius 2 is 1.24 bits per heavy atom. The summed E-state index contributed by atoms with van der Waals surface area (Å²) >= 11 is 0. The van der Waals surface area contributed by atoms with E-state index < -0.39 is 11.8 Å². The summed E-state index contributed by atoms with van der Waals surface area (Å²) in [6.45, 7) is 3.98. The molecule has 0 aliphatic rings. The quantitative estimate of drug-likeness (QED) is 0.177. The van der Waals surface area contributed by atoms with Crippen LogP contribution in [0, 0.1) is 0 Å². The molecule has 1 amide bonds. The molecule has 2 rings (SSSR count). The molecule has 2 aromatic rings. The first-order chi connectivity index (χ1) is 16.1. The number of rotatable bonds is 16. The van der Waals surface area contributed by atoms with E-state index in [0.29, 0.717) is 56.6 Å². The Morgan fingerprint density at radius 3 is 1.82 bits per heavy atom. The highest BCUT2D eigenvalue weighted by molar-refractivity contribution is 6.40. The molecule has 0 radical (unpaired) electrons. The van der Waals surface area contributed by atoms with E-state index in [-0.39, 0.29) is 19.1 Å². The van der Waals surface area contributed by atoms with E-state index in [4.69, 9.17) is 23.7 Å². The lowest BCUT2D eigenvalue weighted by atomic mass is 10.1. The topological polar surface area (TPSA) is 109 Å². The maximum atomic E-state index is 11.8. The van der Waals surface area contributed by atoms with Crippen LogP contribution in [0.1, 0.15) is 17.3 Å². The highest BCUT2D eigenvalue weighted by atomic mass is 16.6. The molecule has 0 fully saturated rings. The fourth-order valence-electron chi connectivity index (χ4n) is 2.56. The zero-order valence-corrected chi connectivity index (χ0v) is 18.6. The number of carbonyl (C=O) groups is 3. The number of ketones is 1. The fourth-order valence-corrected chi connectivity index (χ4v) is 2.56. The Labute approximate surface area is 192 Å². The van der Waals surface area contributed by atoms with Crippen molar-refractivity contribution in [1.29, 1.82) is 0 Å². The molecule has 0 spiro atoms. The molecule has 0 saturated carbocycles. The molecule has 0 saturated heterocycles. The number of anilines is 1. The number of benzene rings is 2. The molecule has 0 aromatic heterocycles. The summed E-state index contributed by atoms with van der Waals surface area (Å²) in [6, 6.07) is 15.3. The van der Waals surface area contributed by atoms with E-state index in [1.165, 1.54) is 6.92 Å². The molecule has 1 N–H and O–H groups in total. The maximum Gasteiger partial charge on any atom is 0.379 e. The molecular formula is C24H29NO8. The van der Waals surface area contributed by atoms with Gasteiger partial charge in [-0.05, 0) is 24.3 Å². The summed E-state index contributed by atoms with van der Waals surface area (Å²) in [5.41, 5.74) is 1.01. The van der Waals surface area contributed by atoms with Crippen LogP contribution in [0.25, 0.3) is 0 Å². The van der Waals surface area contributed by atoms with Gasteiger partial charge in [-0.3, -0.25) is 9.59 Å². The lowest BCUT2D eigenvalue weighted by Crippen LogP contribution is -2.20. The van der Waals surface area contributed by atoms with Gasteiger partial charge in [0.05, 0.1) is 39.6 Å². The van der Waals surface area contributed by atoms with Gasteiger partial charge in [0.15, 0.2) is 0 Å². The van der Waals surface area contributed by atoms with E-state index in [2.05, 4.69) is 5.32 Å². The molecule has 0 heterocycles. The van der Waals surface area contributed by atoms with Gasteiger partial charge in [-0.15, -0.1) is 0 Å². The van der Waals surface area contributed by atoms with E-state index >= 15 is 0 Å². The maximum absolute atomic E-state index is 11.8. The second kappa shape index (κ2) is 15.5. The standard InChI is InChI=1S/C24H29NO8/c1-19(26)25-21-7-9-22(10-8-21)32-17-15-30-13-11-29-12-14-31-16-18-33-24(28)23(27)20-5-3-2-4-6-20/h2-10H,11-18H2,1H3,(H,25,26). The van der Waals surface area contributed by atoms with Crippen molar-refractivity contribution in [3.63, 3.8) is 0 Å².